The van der Waals surface area contributed by atoms with Crippen molar-refractivity contribution < 1.29 is 14.8 Å². The molecule has 0 aromatic carbocycles. The highest BCUT2D eigenvalue weighted by Crippen LogP contribution is 2.14. The summed E-state index contributed by atoms with van der Waals surface area (Å²) in [7, 11) is 0. The monoisotopic (exact) mass is 265 g/mol. The van der Waals surface area contributed by atoms with E-state index in [4.69, 9.17) is 5.11 Å². The third kappa shape index (κ3) is 2.94. The maximum absolute atomic E-state index is 10.7. The van der Waals surface area contributed by atoms with E-state index < -0.39 is 10.9 Å². The summed E-state index contributed by atoms with van der Waals surface area (Å²) >= 11 is 0. The largest absolute Gasteiger partial charge is 0.481 e. The van der Waals surface area contributed by atoms with Gasteiger partial charge in [-0.1, -0.05) is 9.61 Å². The van der Waals surface area contributed by atoms with Crippen LogP contribution in [0.3, 0.4) is 0 Å². The highest BCUT2D eigenvalue weighted by Gasteiger charge is 2.15. The molecule has 2 heterocycles. The zero-order chi connectivity index (χ0) is 13.8. The molecule has 9 nitrogen and oxygen atoms in total. The van der Waals surface area contributed by atoms with Crippen molar-refractivity contribution in [1.29, 1.82) is 0 Å². The molecule has 19 heavy (non-hydrogen) atoms. The van der Waals surface area contributed by atoms with Gasteiger partial charge in [-0.05, 0) is 17.4 Å². The van der Waals surface area contributed by atoms with Crippen molar-refractivity contribution >= 4 is 23.3 Å². The maximum atomic E-state index is 10.7. The molecule has 0 aliphatic heterocycles. The molecule has 0 atom stereocenters. The van der Waals surface area contributed by atoms with E-state index in [9.17, 15) is 14.9 Å². The Labute approximate surface area is 107 Å². The molecule has 0 radical (unpaired) electrons. The summed E-state index contributed by atoms with van der Waals surface area (Å²) in [4.78, 5) is 24.4. The SMILES string of the molecule is O=C(O)CCCNc1ccc2ncc([N+](=O)[O-])n2n1. The summed E-state index contributed by atoms with van der Waals surface area (Å²) in [6.07, 6.45) is 1.64. The Balaban J connectivity index is 2.10. The van der Waals surface area contributed by atoms with Crippen LogP contribution < -0.4 is 5.32 Å². The van der Waals surface area contributed by atoms with Crippen molar-refractivity contribution in [2.45, 2.75) is 12.8 Å². The second-order valence-electron chi connectivity index (χ2n) is 3.79. The van der Waals surface area contributed by atoms with Crippen LogP contribution in [0.25, 0.3) is 5.65 Å². The number of carboxylic acids is 1. The average Bonchev–Trinajstić information content (AvgIpc) is 2.77. The Morgan fingerprint density at radius 2 is 2.32 bits per heavy atom. The van der Waals surface area contributed by atoms with Gasteiger partial charge in [0.15, 0.2) is 5.82 Å². The summed E-state index contributed by atoms with van der Waals surface area (Å²) in [5.74, 6) is -0.654. The van der Waals surface area contributed by atoms with Crippen LogP contribution in [0.15, 0.2) is 18.3 Å². The third-order valence-corrected chi connectivity index (χ3v) is 2.40. The van der Waals surface area contributed by atoms with E-state index in [1.165, 1.54) is 0 Å². The van der Waals surface area contributed by atoms with Crippen molar-refractivity contribution in [1.82, 2.24) is 14.6 Å². The lowest BCUT2D eigenvalue weighted by molar-refractivity contribution is -0.391. The lowest BCUT2D eigenvalue weighted by atomic mass is 10.3. The Kier molecular flexibility index (Phi) is 3.55. The number of fused-ring (bicyclic) bond motifs is 1. The first-order valence-corrected chi connectivity index (χ1v) is 5.53. The molecule has 0 fully saturated rings. The van der Waals surface area contributed by atoms with Gasteiger partial charge in [0.1, 0.15) is 6.20 Å². The number of anilines is 1. The summed E-state index contributed by atoms with van der Waals surface area (Å²) in [6, 6.07) is 3.23. The third-order valence-electron chi connectivity index (χ3n) is 2.40. The van der Waals surface area contributed by atoms with E-state index in [1.54, 1.807) is 12.1 Å². The normalized spacial score (nSPS) is 10.5. The lowest BCUT2D eigenvalue weighted by Gasteiger charge is -2.02. The van der Waals surface area contributed by atoms with Gasteiger partial charge in [-0.15, -0.1) is 0 Å². The molecule has 0 bridgehead atoms. The molecular weight excluding hydrogens is 254 g/mol. The zero-order valence-electron chi connectivity index (χ0n) is 9.81. The average molecular weight is 265 g/mol. The van der Waals surface area contributed by atoms with Crippen LogP contribution in [0, 0.1) is 10.1 Å². The van der Waals surface area contributed by atoms with Gasteiger partial charge in [-0.3, -0.25) is 4.79 Å². The number of hydrogen-bond acceptors (Lipinski definition) is 6. The van der Waals surface area contributed by atoms with E-state index >= 15 is 0 Å². The van der Waals surface area contributed by atoms with Crippen LogP contribution in [-0.4, -0.2) is 37.1 Å². The minimum absolute atomic E-state index is 0.0560. The number of imidazole rings is 1. The first kappa shape index (κ1) is 12.7. The van der Waals surface area contributed by atoms with Gasteiger partial charge in [-0.25, -0.2) is 4.98 Å². The molecule has 100 valence electrons. The van der Waals surface area contributed by atoms with E-state index in [2.05, 4.69) is 15.4 Å². The van der Waals surface area contributed by atoms with Crippen molar-refractivity contribution in [2.24, 2.45) is 0 Å². The van der Waals surface area contributed by atoms with Crippen LogP contribution in [0.1, 0.15) is 12.8 Å². The predicted molar refractivity (Wildman–Crippen MR) is 65.0 cm³/mol. The van der Waals surface area contributed by atoms with Gasteiger partial charge in [0.2, 0.25) is 5.65 Å². The smallest absolute Gasteiger partial charge is 0.368 e. The van der Waals surface area contributed by atoms with E-state index in [1.807, 2.05) is 0 Å². The second kappa shape index (κ2) is 5.29. The molecule has 0 saturated heterocycles. The molecule has 2 aromatic heterocycles. The maximum Gasteiger partial charge on any atom is 0.368 e. The number of carboxylic acid groups (broad SMARTS) is 1. The first-order valence-electron chi connectivity index (χ1n) is 5.53. The van der Waals surface area contributed by atoms with Crippen LogP contribution in [0.2, 0.25) is 0 Å². The van der Waals surface area contributed by atoms with Crippen LogP contribution in [0.5, 0.6) is 0 Å². The van der Waals surface area contributed by atoms with Gasteiger partial charge >= 0.3 is 11.8 Å². The number of carbonyl (C=O) groups is 1. The van der Waals surface area contributed by atoms with Gasteiger partial charge in [0.05, 0.1) is 0 Å². The van der Waals surface area contributed by atoms with Gasteiger partial charge in [0, 0.05) is 19.0 Å². The number of aromatic nitrogens is 3. The number of rotatable bonds is 6. The number of hydrogen-bond donors (Lipinski definition) is 2. The van der Waals surface area contributed by atoms with Gasteiger partial charge < -0.3 is 20.5 Å². The topological polar surface area (TPSA) is 123 Å². The second-order valence-corrected chi connectivity index (χ2v) is 3.79. The van der Waals surface area contributed by atoms with Crippen LogP contribution in [0.4, 0.5) is 11.6 Å². The molecule has 9 heteroatoms. The first-order chi connectivity index (χ1) is 9.08. The van der Waals surface area contributed by atoms with Gasteiger partial charge in [-0.2, -0.15) is 0 Å². The molecule has 2 N–H and O–H groups in total. The molecule has 0 aliphatic rings. The highest BCUT2D eigenvalue weighted by molar-refractivity contribution is 5.66. The van der Waals surface area contributed by atoms with E-state index in [0.717, 1.165) is 10.7 Å². The quantitative estimate of drug-likeness (QED) is 0.452. The van der Waals surface area contributed by atoms with Crippen LogP contribution >= 0.6 is 0 Å². The molecule has 0 spiro atoms. The number of aliphatic carboxylic acids is 1. The fourth-order valence-electron chi connectivity index (χ4n) is 1.54. The summed E-state index contributed by atoms with van der Waals surface area (Å²) in [5, 5.41) is 26.2. The minimum atomic E-state index is -0.865. The van der Waals surface area contributed by atoms with Crippen LogP contribution in [-0.2, 0) is 4.79 Å². The molecule has 2 rings (SSSR count). The van der Waals surface area contributed by atoms with Crippen molar-refractivity contribution in [3.8, 4) is 0 Å². The van der Waals surface area contributed by atoms with Crippen molar-refractivity contribution in [3.05, 3.63) is 28.4 Å². The summed E-state index contributed by atoms with van der Waals surface area (Å²) < 4.78 is 1.12. The number of nitro groups is 1. The minimum Gasteiger partial charge on any atom is -0.481 e. The number of nitrogens with one attached hydrogen (secondary N) is 1. The molecule has 0 saturated carbocycles. The molecule has 2 aromatic rings. The Bertz CT molecular complexity index is 623. The number of nitrogens with zero attached hydrogens (tertiary/aromatic N) is 4. The molecular formula is C10H11N5O4. The summed E-state index contributed by atoms with van der Waals surface area (Å²) in [6.45, 7) is 0.424. The zero-order valence-corrected chi connectivity index (χ0v) is 9.81. The lowest BCUT2D eigenvalue weighted by Crippen LogP contribution is -2.08. The standard InChI is InChI=1S/C10H11N5O4/c16-10(17)2-1-5-11-7-3-4-8-12-6-9(15(18)19)14(8)13-7/h3-4,6H,1-2,5H2,(H,11,13)(H,16,17). The van der Waals surface area contributed by atoms with E-state index in [0.29, 0.717) is 24.4 Å². The fourth-order valence-corrected chi connectivity index (χ4v) is 1.54. The van der Waals surface area contributed by atoms with Crippen molar-refractivity contribution in [2.75, 3.05) is 11.9 Å². The predicted octanol–water partition coefficient (Wildman–Crippen LogP) is 0.914. The molecule has 0 aliphatic carbocycles. The molecule has 0 unspecified atom stereocenters. The van der Waals surface area contributed by atoms with Crippen molar-refractivity contribution in [3.63, 3.8) is 0 Å². The Hall–Kier alpha value is -2.71. The Morgan fingerprint density at radius 3 is 3.00 bits per heavy atom. The Morgan fingerprint density at radius 1 is 1.53 bits per heavy atom. The van der Waals surface area contributed by atoms with Gasteiger partial charge in [0.25, 0.3) is 0 Å². The fraction of sp³-hybridized carbons (Fsp3) is 0.300. The molecule has 0 amide bonds. The highest BCUT2D eigenvalue weighted by atomic mass is 16.6. The summed E-state index contributed by atoms with van der Waals surface area (Å²) in [5.41, 5.74) is 0.378. The van der Waals surface area contributed by atoms with E-state index in [-0.39, 0.29) is 12.2 Å².